The Morgan fingerprint density at radius 1 is 1.25 bits per heavy atom. The summed E-state index contributed by atoms with van der Waals surface area (Å²) in [5, 5.41) is 12.4. The number of carboxylic acids is 1. The number of aliphatic carboxylic acids is 1. The minimum atomic E-state index is -0.900. The number of carboxylic acid groups (broad SMARTS) is 1. The zero-order chi connectivity index (χ0) is 18.4. The van der Waals surface area contributed by atoms with Crippen LogP contribution in [0.3, 0.4) is 0 Å². The number of likely N-dealkylation sites (tertiary alicyclic amines) is 1. The van der Waals surface area contributed by atoms with Gasteiger partial charge in [0, 0.05) is 18.6 Å². The summed E-state index contributed by atoms with van der Waals surface area (Å²) in [6, 6.07) is 11.8. The molecule has 1 saturated carbocycles. The second-order valence-electron chi connectivity index (χ2n) is 7.48. The number of nitrogens with zero attached hydrogens (tertiary/aromatic N) is 1. The molecule has 2 atom stereocenters. The van der Waals surface area contributed by atoms with E-state index in [1.807, 2.05) is 0 Å². The molecule has 1 aliphatic heterocycles. The Kier molecular flexibility index (Phi) is 11.1. The summed E-state index contributed by atoms with van der Waals surface area (Å²) in [6.45, 7) is 5.49. The maximum Gasteiger partial charge on any atom is 0.329 e. The van der Waals surface area contributed by atoms with Gasteiger partial charge in [-0.25, -0.2) is 4.79 Å². The number of benzene rings is 1. The SMILES string of the molecule is CC(=Cc1ccccc1)C1CC1NC1CCN(CCOCC(=O)O)CC1.Cl.Cl. The molecule has 5 nitrogen and oxygen atoms in total. The highest BCUT2D eigenvalue weighted by atomic mass is 35.5. The number of hydrogen-bond acceptors (Lipinski definition) is 4. The van der Waals surface area contributed by atoms with Crippen LogP contribution in [0.2, 0.25) is 0 Å². The highest BCUT2D eigenvalue weighted by Gasteiger charge is 2.39. The van der Waals surface area contributed by atoms with E-state index in [2.05, 4.69) is 53.5 Å². The van der Waals surface area contributed by atoms with E-state index < -0.39 is 5.97 Å². The van der Waals surface area contributed by atoms with Gasteiger partial charge in [0.15, 0.2) is 0 Å². The highest BCUT2D eigenvalue weighted by Crippen LogP contribution is 2.38. The second kappa shape index (κ2) is 12.5. The van der Waals surface area contributed by atoms with Crippen molar-refractivity contribution >= 4 is 36.9 Å². The van der Waals surface area contributed by atoms with Crippen LogP contribution >= 0.6 is 24.8 Å². The van der Waals surface area contributed by atoms with Crippen LogP contribution in [-0.4, -0.2) is 60.9 Å². The van der Waals surface area contributed by atoms with Crippen LogP contribution in [0.5, 0.6) is 0 Å². The number of carbonyl (C=O) groups is 1. The summed E-state index contributed by atoms with van der Waals surface area (Å²) in [5.74, 6) is -0.221. The van der Waals surface area contributed by atoms with E-state index in [1.54, 1.807) is 0 Å². The van der Waals surface area contributed by atoms with E-state index in [0.717, 1.165) is 32.5 Å². The van der Waals surface area contributed by atoms with Gasteiger partial charge in [0.2, 0.25) is 0 Å². The predicted octanol–water partition coefficient (Wildman–Crippen LogP) is 3.48. The van der Waals surface area contributed by atoms with Crippen LogP contribution in [0.25, 0.3) is 6.08 Å². The number of rotatable bonds is 9. The first-order chi connectivity index (χ1) is 12.6. The van der Waals surface area contributed by atoms with E-state index in [-0.39, 0.29) is 31.4 Å². The molecule has 158 valence electrons. The van der Waals surface area contributed by atoms with Crippen molar-refractivity contribution in [1.82, 2.24) is 10.2 Å². The third kappa shape index (κ3) is 8.10. The lowest BCUT2D eigenvalue weighted by molar-refractivity contribution is -0.142. The fourth-order valence-electron chi connectivity index (χ4n) is 3.78. The Morgan fingerprint density at radius 2 is 1.93 bits per heavy atom. The van der Waals surface area contributed by atoms with Gasteiger partial charge >= 0.3 is 5.97 Å². The molecule has 1 aliphatic carbocycles. The second-order valence-corrected chi connectivity index (χ2v) is 7.48. The molecular formula is C21H32Cl2N2O3. The molecular weight excluding hydrogens is 399 g/mol. The lowest BCUT2D eigenvalue weighted by Gasteiger charge is -2.32. The number of nitrogens with one attached hydrogen (secondary N) is 1. The first-order valence-electron chi connectivity index (χ1n) is 9.63. The third-order valence-corrected chi connectivity index (χ3v) is 5.38. The largest absolute Gasteiger partial charge is 0.480 e. The molecule has 3 rings (SSSR count). The fraction of sp³-hybridized carbons (Fsp3) is 0.571. The van der Waals surface area contributed by atoms with Gasteiger partial charge in [0.1, 0.15) is 6.61 Å². The molecule has 0 bridgehead atoms. The van der Waals surface area contributed by atoms with Gasteiger partial charge in [-0.05, 0) is 50.8 Å². The molecule has 7 heteroatoms. The van der Waals surface area contributed by atoms with Crippen molar-refractivity contribution in [2.75, 3.05) is 32.8 Å². The lowest BCUT2D eigenvalue weighted by Crippen LogP contribution is -2.44. The Morgan fingerprint density at radius 3 is 2.57 bits per heavy atom. The third-order valence-electron chi connectivity index (χ3n) is 5.38. The molecule has 0 amide bonds. The minimum absolute atomic E-state index is 0. The monoisotopic (exact) mass is 430 g/mol. The van der Waals surface area contributed by atoms with Crippen molar-refractivity contribution < 1.29 is 14.6 Å². The van der Waals surface area contributed by atoms with Gasteiger partial charge in [-0.15, -0.1) is 24.8 Å². The van der Waals surface area contributed by atoms with Gasteiger partial charge < -0.3 is 20.1 Å². The molecule has 0 radical (unpaired) electrons. The van der Waals surface area contributed by atoms with Crippen LogP contribution in [0.4, 0.5) is 0 Å². The Balaban J connectivity index is 0.00000196. The molecule has 1 aromatic rings. The summed E-state index contributed by atoms with van der Waals surface area (Å²) in [5.41, 5.74) is 2.76. The summed E-state index contributed by atoms with van der Waals surface area (Å²) in [7, 11) is 0. The molecule has 1 heterocycles. The van der Waals surface area contributed by atoms with Crippen LogP contribution in [0.1, 0.15) is 31.7 Å². The van der Waals surface area contributed by atoms with Gasteiger partial charge in [0.25, 0.3) is 0 Å². The van der Waals surface area contributed by atoms with E-state index in [0.29, 0.717) is 24.6 Å². The first-order valence-corrected chi connectivity index (χ1v) is 9.63. The number of ether oxygens (including phenoxy) is 1. The summed E-state index contributed by atoms with van der Waals surface area (Å²) in [4.78, 5) is 12.8. The molecule has 28 heavy (non-hydrogen) atoms. The van der Waals surface area contributed by atoms with Gasteiger partial charge in [-0.1, -0.05) is 42.0 Å². The van der Waals surface area contributed by atoms with Crippen LogP contribution in [0, 0.1) is 5.92 Å². The molecule has 0 aromatic heterocycles. The van der Waals surface area contributed by atoms with Crippen molar-refractivity contribution in [3.63, 3.8) is 0 Å². The lowest BCUT2D eigenvalue weighted by atomic mass is 10.0. The Hall–Kier alpha value is -1.11. The van der Waals surface area contributed by atoms with Gasteiger partial charge in [-0.3, -0.25) is 0 Å². The normalized spacial score (nSPS) is 22.8. The van der Waals surface area contributed by atoms with E-state index in [4.69, 9.17) is 9.84 Å². The molecule has 2 fully saturated rings. The topological polar surface area (TPSA) is 61.8 Å². The van der Waals surface area contributed by atoms with Gasteiger partial charge in [-0.2, -0.15) is 0 Å². The average Bonchev–Trinajstić information content (AvgIpc) is 3.40. The maximum atomic E-state index is 10.4. The standard InChI is InChI=1S/C21H30N2O3.2ClH/c1-16(13-17-5-3-2-4-6-17)19-14-20(19)22-18-7-9-23(10-8-18)11-12-26-15-21(24)25;;/h2-6,13,18-20,22H,7-12,14-15H2,1H3,(H,24,25);2*1H. The number of piperidine rings is 1. The van der Waals surface area contributed by atoms with Crippen molar-refractivity contribution in [3.8, 4) is 0 Å². The zero-order valence-electron chi connectivity index (χ0n) is 16.4. The highest BCUT2D eigenvalue weighted by molar-refractivity contribution is 5.85. The average molecular weight is 431 g/mol. The predicted molar refractivity (Wildman–Crippen MR) is 118 cm³/mol. The Bertz CT molecular complexity index is 619. The quantitative estimate of drug-likeness (QED) is 0.587. The molecule has 2 N–H and O–H groups in total. The molecule has 1 aromatic carbocycles. The smallest absolute Gasteiger partial charge is 0.329 e. The molecule has 0 spiro atoms. The van der Waals surface area contributed by atoms with E-state index in [1.165, 1.54) is 17.6 Å². The number of hydrogen-bond donors (Lipinski definition) is 2. The summed E-state index contributed by atoms with van der Waals surface area (Å²) in [6.07, 6.45) is 5.87. The molecule has 2 unspecified atom stereocenters. The zero-order valence-corrected chi connectivity index (χ0v) is 18.0. The number of halogens is 2. The molecule has 2 aliphatic rings. The first kappa shape index (κ1) is 24.9. The van der Waals surface area contributed by atoms with Crippen LogP contribution in [-0.2, 0) is 9.53 Å². The Labute approximate surface area is 180 Å². The van der Waals surface area contributed by atoms with E-state index in [9.17, 15) is 4.79 Å². The molecule has 1 saturated heterocycles. The van der Waals surface area contributed by atoms with E-state index >= 15 is 0 Å². The van der Waals surface area contributed by atoms with Crippen molar-refractivity contribution in [2.24, 2.45) is 5.92 Å². The van der Waals surface area contributed by atoms with Gasteiger partial charge in [0.05, 0.1) is 6.61 Å². The maximum absolute atomic E-state index is 10.4. The van der Waals surface area contributed by atoms with Crippen molar-refractivity contribution in [2.45, 2.75) is 38.3 Å². The fourth-order valence-corrected chi connectivity index (χ4v) is 3.78. The van der Waals surface area contributed by atoms with Crippen LogP contribution in [0.15, 0.2) is 35.9 Å². The summed E-state index contributed by atoms with van der Waals surface area (Å²) < 4.78 is 5.13. The summed E-state index contributed by atoms with van der Waals surface area (Å²) >= 11 is 0. The van der Waals surface area contributed by atoms with Crippen LogP contribution < -0.4 is 5.32 Å². The van der Waals surface area contributed by atoms with Crippen molar-refractivity contribution in [1.29, 1.82) is 0 Å². The minimum Gasteiger partial charge on any atom is -0.480 e. The van der Waals surface area contributed by atoms with Crippen molar-refractivity contribution in [3.05, 3.63) is 41.5 Å².